The van der Waals surface area contributed by atoms with Gasteiger partial charge in [0, 0.05) is 18.3 Å². The first-order valence-corrected chi connectivity index (χ1v) is 6.77. The fourth-order valence-electron chi connectivity index (χ4n) is 2.47. The van der Waals surface area contributed by atoms with Crippen LogP contribution in [0.4, 0.5) is 0 Å². The van der Waals surface area contributed by atoms with Gasteiger partial charge in [0.2, 0.25) is 0 Å². The Morgan fingerprint density at radius 3 is 2.45 bits per heavy atom. The summed E-state index contributed by atoms with van der Waals surface area (Å²) in [5.74, 6) is -1.36. The van der Waals surface area contributed by atoms with E-state index in [1.54, 1.807) is 0 Å². The van der Waals surface area contributed by atoms with Crippen molar-refractivity contribution in [3.63, 3.8) is 0 Å². The molecule has 0 aromatic carbocycles. The molecule has 6 heteroatoms. The average molecular weight is 277 g/mol. The fraction of sp³-hybridized carbons (Fsp3) is 0.500. The van der Waals surface area contributed by atoms with E-state index in [-0.39, 0.29) is 17.2 Å². The fourth-order valence-corrected chi connectivity index (χ4v) is 2.47. The molecule has 108 valence electrons. The van der Waals surface area contributed by atoms with Crippen molar-refractivity contribution in [2.75, 3.05) is 0 Å². The number of carbonyl (C=O) groups excluding carboxylic acids is 1. The predicted octanol–water partition coefficient (Wildman–Crippen LogP) is 1.69. The van der Waals surface area contributed by atoms with Gasteiger partial charge in [0.25, 0.3) is 5.91 Å². The van der Waals surface area contributed by atoms with E-state index in [2.05, 4.69) is 24.3 Å². The number of carbonyl (C=O) groups is 2. The minimum Gasteiger partial charge on any atom is -0.478 e. The number of nitrogens with one attached hydrogen (secondary N) is 1. The lowest BCUT2D eigenvalue weighted by Crippen LogP contribution is -2.54. The van der Waals surface area contributed by atoms with Crippen molar-refractivity contribution < 1.29 is 14.7 Å². The second kappa shape index (κ2) is 6.00. The summed E-state index contributed by atoms with van der Waals surface area (Å²) in [5, 5.41) is 10.8. The van der Waals surface area contributed by atoms with Gasteiger partial charge in [-0.3, -0.25) is 15.2 Å². The number of hydrazine groups is 1. The lowest BCUT2D eigenvalue weighted by Gasteiger charge is -2.38. The van der Waals surface area contributed by atoms with E-state index in [1.165, 1.54) is 24.8 Å². The molecule has 1 aromatic rings. The molecule has 2 unspecified atom stereocenters. The Bertz CT molecular complexity index is 491. The molecule has 1 amide bonds. The van der Waals surface area contributed by atoms with Crippen molar-refractivity contribution in [3.05, 3.63) is 29.6 Å². The number of carboxylic acids is 1. The Kier molecular flexibility index (Phi) is 4.34. The van der Waals surface area contributed by atoms with Crippen LogP contribution in [0.25, 0.3) is 0 Å². The molecule has 2 rings (SSSR count). The van der Waals surface area contributed by atoms with Crippen molar-refractivity contribution in [2.24, 2.45) is 0 Å². The van der Waals surface area contributed by atoms with Gasteiger partial charge in [0.05, 0.1) is 5.56 Å². The number of rotatable bonds is 3. The second-order valence-corrected chi connectivity index (χ2v) is 5.21. The topological polar surface area (TPSA) is 82.5 Å². The van der Waals surface area contributed by atoms with Crippen LogP contribution in [0.15, 0.2) is 18.3 Å². The van der Waals surface area contributed by atoms with E-state index in [9.17, 15) is 9.59 Å². The van der Waals surface area contributed by atoms with Crippen LogP contribution in [0.5, 0.6) is 0 Å². The van der Waals surface area contributed by atoms with Crippen molar-refractivity contribution in [1.82, 2.24) is 15.4 Å². The first kappa shape index (κ1) is 14.5. The van der Waals surface area contributed by atoms with Gasteiger partial charge in [-0.1, -0.05) is 6.42 Å². The Morgan fingerprint density at radius 2 is 1.95 bits per heavy atom. The maximum atomic E-state index is 12.1. The van der Waals surface area contributed by atoms with E-state index in [0.717, 1.165) is 12.8 Å². The third-order valence-corrected chi connectivity index (χ3v) is 3.67. The van der Waals surface area contributed by atoms with E-state index in [0.29, 0.717) is 12.1 Å². The molecule has 6 nitrogen and oxygen atoms in total. The second-order valence-electron chi connectivity index (χ2n) is 5.21. The molecule has 1 aromatic heterocycles. The number of amides is 1. The predicted molar refractivity (Wildman–Crippen MR) is 73.3 cm³/mol. The van der Waals surface area contributed by atoms with Crippen LogP contribution in [-0.2, 0) is 0 Å². The molecule has 1 saturated heterocycles. The van der Waals surface area contributed by atoms with Crippen LogP contribution in [0.2, 0.25) is 0 Å². The number of aromatic carboxylic acids is 1. The summed E-state index contributed by atoms with van der Waals surface area (Å²) in [6.45, 7) is 4.16. The summed E-state index contributed by atoms with van der Waals surface area (Å²) in [4.78, 5) is 26.8. The summed E-state index contributed by atoms with van der Waals surface area (Å²) in [6, 6.07) is 3.40. The van der Waals surface area contributed by atoms with Gasteiger partial charge >= 0.3 is 5.97 Å². The Morgan fingerprint density at radius 1 is 1.30 bits per heavy atom. The third-order valence-electron chi connectivity index (χ3n) is 3.67. The van der Waals surface area contributed by atoms with Crippen LogP contribution in [0, 0.1) is 0 Å². The molecular formula is C14H19N3O3. The lowest BCUT2D eigenvalue weighted by atomic mass is 10.00. The molecule has 1 aliphatic rings. The smallest absolute Gasteiger partial charge is 0.337 e. The number of nitrogens with zero attached hydrogens (tertiary/aromatic N) is 2. The van der Waals surface area contributed by atoms with Gasteiger partial charge in [-0.05, 0) is 38.8 Å². The van der Waals surface area contributed by atoms with Crippen LogP contribution in [0.3, 0.4) is 0 Å². The van der Waals surface area contributed by atoms with Crippen LogP contribution in [-0.4, -0.2) is 39.1 Å². The maximum Gasteiger partial charge on any atom is 0.337 e. The van der Waals surface area contributed by atoms with Crippen LogP contribution in [0.1, 0.15) is 54.0 Å². The summed E-state index contributed by atoms with van der Waals surface area (Å²) < 4.78 is 0. The quantitative estimate of drug-likeness (QED) is 0.878. The molecule has 0 aliphatic carbocycles. The summed E-state index contributed by atoms with van der Waals surface area (Å²) in [6.07, 6.45) is 4.46. The molecule has 0 bridgehead atoms. The van der Waals surface area contributed by atoms with Crippen molar-refractivity contribution in [2.45, 2.75) is 45.2 Å². The minimum atomic E-state index is -1.05. The summed E-state index contributed by atoms with van der Waals surface area (Å²) in [7, 11) is 0. The Balaban J connectivity index is 2.05. The maximum absolute atomic E-state index is 12.1. The van der Waals surface area contributed by atoms with Gasteiger partial charge in [-0.15, -0.1) is 0 Å². The van der Waals surface area contributed by atoms with Crippen molar-refractivity contribution in [3.8, 4) is 0 Å². The summed E-state index contributed by atoms with van der Waals surface area (Å²) >= 11 is 0. The zero-order chi connectivity index (χ0) is 14.7. The molecular weight excluding hydrogens is 258 g/mol. The zero-order valence-electron chi connectivity index (χ0n) is 11.7. The number of piperidine rings is 1. The SMILES string of the molecule is CC1CCCC(C)N1NC(=O)c1ccc(C(=O)O)cn1. The van der Waals surface area contributed by atoms with Crippen LogP contribution >= 0.6 is 0 Å². The number of aromatic nitrogens is 1. The highest BCUT2D eigenvalue weighted by atomic mass is 16.4. The van der Waals surface area contributed by atoms with Gasteiger partial charge in [-0.25, -0.2) is 9.80 Å². The van der Waals surface area contributed by atoms with E-state index >= 15 is 0 Å². The van der Waals surface area contributed by atoms with E-state index in [1.807, 2.05) is 5.01 Å². The zero-order valence-corrected chi connectivity index (χ0v) is 11.7. The first-order chi connectivity index (χ1) is 9.49. The summed E-state index contributed by atoms with van der Waals surface area (Å²) in [5.41, 5.74) is 3.16. The molecule has 2 atom stereocenters. The van der Waals surface area contributed by atoms with Crippen molar-refractivity contribution >= 4 is 11.9 Å². The van der Waals surface area contributed by atoms with Crippen molar-refractivity contribution in [1.29, 1.82) is 0 Å². The van der Waals surface area contributed by atoms with E-state index < -0.39 is 5.97 Å². The van der Waals surface area contributed by atoms with E-state index in [4.69, 9.17) is 5.11 Å². The average Bonchev–Trinajstić information content (AvgIpc) is 2.43. The molecule has 0 radical (unpaired) electrons. The first-order valence-electron chi connectivity index (χ1n) is 6.77. The molecule has 1 fully saturated rings. The molecule has 0 spiro atoms. The van der Waals surface area contributed by atoms with Gasteiger partial charge in [0.15, 0.2) is 0 Å². The highest BCUT2D eigenvalue weighted by Gasteiger charge is 2.26. The Hall–Kier alpha value is -1.95. The number of hydrogen-bond donors (Lipinski definition) is 2. The molecule has 2 N–H and O–H groups in total. The van der Waals surface area contributed by atoms with Crippen LogP contribution < -0.4 is 5.43 Å². The molecule has 1 aliphatic heterocycles. The third kappa shape index (κ3) is 3.14. The molecule has 2 heterocycles. The molecule has 0 saturated carbocycles. The highest BCUT2D eigenvalue weighted by molar-refractivity contribution is 5.93. The normalized spacial score (nSPS) is 23.3. The standard InChI is InChI=1S/C14H19N3O3/c1-9-4-3-5-10(2)17(9)16-13(18)12-7-6-11(8-15-12)14(19)20/h6-10H,3-5H2,1-2H3,(H,16,18)(H,19,20). The highest BCUT2D eigenvalue weighted by Crippen LogP contribution is 2.20. The van der Waals surface area contributed by atoms with Gasteiger partial charge < -0.3 is 5.11 Å². The monoisotopic (exact) mass is 277 g/mol. The lowest BCUT2D eigenvalue weighted by molar-refractivity contribution is 0.0366. The van der Waals surface area contributed by atoms with Gasteiger partial charge in [0.1, 0.15) is 5.69 Å². The number of carboxylic acid groups (broad SMARTS) is 1. The number of pyridine rings is 1. The largest absolute Gasteiger partial charge is 0.478 e. The molecule has 20 heavy (non-hydrogen) atoms. The van der Waals surface area contributed by atoms with Gasteiger partial charge in [-0.2, -0.15) is 0 Å². The number of hydrogen-bond acceptors (Lipinski definition) is 4. The Labute approximate surface area is 117 Å². The minimum absolute atomic E-state index is 0.0706.